The van der Waals surface area contributed by atoms with Gasteiger partial charge >= 0.3 is 6.09 Å². The number of amides is 1. The lowest BCUT2D eigenvalue weighted by Gasteiger charge is -2.37. The smallest absolute Gasteiger partial charge is 0.410 e. The number of carbonyl (C=O) groups excluding carboxylic acids is 1. The molecule has 1 aliphatic heterocycles. The summed E-state index contributed by atoms with van der Waals surface area (Å²) < 4.78 is 5.44. The molecule has 2 heterocycles. The van der Waals surface area contributed by atoms with E-state index >= 15 is 0 Å². The van der Waals surface area contributed by atoms with Crippen LogP contribution in [0.25, 0.3) is 0 Å². The molecule has 4 nitrogen and oxygen atoms in total. The van der Waals surface area contributed by atoms with Crippen LogP contribution in [0.5, 0.6) is 0 Å². The summed E-state index contributed by atoms with van der Waals surface area (Å²) in [6.45, 7) is 9.21. The molecule has 1 fully saturated rings. The van der Waals surface area contributed by atoms with Crippen LogP contribution in [-0.2, 0) is 4.74 Å². The van der Waals surface area contributed by atoms with Crippen molar-refractivity contribution in [2.24, 2.45) is 5.92 Å². The van der Waals surface area contributed by atoms with Crippen molar-refractivity contribution in [1.29, 1.82) is 0 Å². The zero-order valence-corrected chi connectivity index (χ0v) is 13.9. The molecule has 0 saturated carbocycles. The van der Waals surface area contributed by atoms with Crippen LogP contribution in [0.2, 0.25) is 5.02 Å². The fourth-order valence-electron chi connectivity index (χ4n) is 2.68. The molecule has 1 amide bonds. The van der Waals surface area contributed by atoms with Crippen LogP contribution >= 0.6 is 11.6 Å². The Hall–Kier alpha value is -1.29. The van der Waals surface area contributed by atoms with Crippen molar-refractivity contribution in [3.63, 3.8) is 0 Å². The van der Waals surface area contributed by atoms with Gasteiger partial charge in [-0.05, 0) is 45.2 Å². The highest BCUT2D eigenvalue weighted by molar-refractivity contribution is 6.30. The molecule has 116 valence electrons. The Morgan fingerprint density at radius 3 is 2.67 bits per heavy atom. The maximum atomic E-state index is 12.1. The van der Waals surface area contributed by atoms with E-state index in [1.807, 2.05) is 32.9 Å². The molecule has 0 aliphatic carbocycles. The summed E-state index contributed by atoms with van der Waals surface area (Å²) in [7, 11) is 0. The quantitative estimate of drug-likeness (QED) is 0.784. The highest BCUT2D eigenvalue weighted by Crippen LogP contribution is 2.32. The topological polar surface area (TPSA) is 42.4 Å². The SMILES string of the molecule is C[C@@H]1CN(C(=O)OC(C)(C)C)CC[C@H]1c1ccc(Cl)cn1. The minimum absolute atomic E-state index is 0.225. The van der Waals surface area contributed by atoms with Gasteiger partial charge in [0.05, 0.1) is 5.02 Å². The van der Waals surface area contributed by atoms with Crippen LogP contribution in [0.4, 0.5) is 4.79 Å². The number of hydrogen-bond donors (Lipinski definition) is 0. The van der Waals surface area contributed by atoms with Gasteiger partial charge in [-0.3, -0.25) is 4.98 Å². The Labute approximate surface area is 131 Å². The molecule has 0 spiro atoms. The van der Waals surface area contributed by atoms with Gasteiger partial charge in [-0.15, -0.1) is 0 Å². The maximum Gasteiger partial charge on any atom is 0.410 e. The van der Waals surface area contributed by atoms with Gasteiger partial charge in [0.2, 0.25) is 0 Å². The van der Waals surface area contributed by atoms with E-state index in [-0.39, 0.29) is 6.09 Å². The number of nitrogens with zero attached hydrogens (tertiary/aromatic N) is 2. The first-order chi connectivity index (χ1) is 9.76. The van der Waals surface area contributed by atoms with Crippen LogP contribution in [0.3, 0.4) is 0 Å². The molecule has 0 radical (unpaired) electrons. The number of piperidine rings is 1. The fourth-order valence-corrected chi connectivity index (χ4v) is 2.80. The molecular formula is C16H23ClN2O2. The molecule has 1 saturated heterocycles. The van der Waals surface area contributed by atoms with Gasteiger partial charge in [-0.1, -0.05) is 18.5 Å². The number of ether oxygens (including phenoxy) is 1. The lowest BCUT2D eigenvalue weighted by Crippen LogP contribution is -2.44. The molecule has 1 aliphatic rings. The van der Waals surface area contributed by atoms with Gasteiger partial charge in [0, 0.05) is 30.9 Å². The van der Waals surface area contributed by atoms with Gasteiger partial charge < -0.3 is 9.64 Å². The predicted molar refractivity (Wildman–Crippen MR) is 83.6 cm³/mol. The van der Waals surface area contributed by atoms with Crippen LogP contribution in [0.1, 0.15) is 45.7 Å². The largest absolute Gasteiger partial charge is 0.444 e. The average molecular weight is 311 g/mol. The summed E-state index contributed by atoms with van der Waals surface area (Å²) in [4.78, 5) is 18.3. The minimum Gasteiger partial charge on any atom is -0.444 e. The first kappa shape index (κ1) is 16.1. The predicted octanol–water partition coefficient (Wildman–Crippen LogP) is 4.10. The number of likely N-dealkylation sites (tertiary alicyclic amines) is 1. The van der Waals surface area contributed by atoms with Gasteiger partial charge in [-0.2, -0.15) is 0 Å². The monoisotopic (exact) mass is 310 g/mol. The zero-order valence-electron chi connectivity index (χ0n) is 13.1. The molecule has 0 unspecified atom stereocenters. The Balaban J connectivity index is 1.99. The number of rotatable bonds is 1. The van der Waals surface area contributed by atoms with Crippen molar-refractivity contribution in [2.45, 2.75) is 45.6 Å². The second-order valence-electron chi connectivity index (χ2n) is 6.70. The molecule has 2 atom stereocenters. The van der Waals surface area contributed by atoms with Crippen molar-refractivity contribution in [1.82, 2.24) is 9.88 Å². The van der Waals surface area contributed by atoms with E-state index in [0.29, 0.717) is 29.9 Å². The third-order valence-corrected chi connectivity index (χ3v) is 3.91. The number of aromatic nitrogens is 1. The summed E-state index contributed by atoms with van der Waals surface area (Å²) in [6, 6.07) is 3.85. The van der Waals surface area contributed by atoms with Crippen molar-refractivity contribution < 1.29 is 9.53 Å². The third-order valence-electron chi connectivity index (χ3n) is 3.69. The Bertz CT molecular complexity index is 496. The van der Waals surface area contributed by atoms with Crippen molar-refractivity contribution in [2.75, 3.05) is 13.1 Å². The first-order valence-corrected chi connectivity index (χ1v) is 7.73. The Morgan fingerprint density at radius 2 is 2.14 bits per heavy atom. The van der Waals surface area contributed by atoms with E-state index in [1.165, 1.54) is 0 Å². The minimum atomic E-state index is -0.449. The highest BCUT2D eigenvalue weighted by Gasteiger charge is 2.32. The zero-order chi connectivity index (χ0) is 15.6. The van der Waals surface area contributed by atoms with E-state index in [9.17, 15) is 4.79 Å². The second kappa shape index (κ2) is 6.22. The van der Waals surface area contributed by atoms with Crippen molar-refractivity contribution in [3.05, 3.63) is 29.0 Å². The van der Waals surface area contributed by atoms with E-state index < -0.39 is 5.60 Å². The van der Waals surface area contributed by atoms with Gasteiger partial charge in [-0.25, -0.2) is 4.79 Å². The maximum absolute atomic E-state index is 12.1. The van der Waals surface area contributed by atoms with Crippen LogP contribution < -0.4 is 0 Å². The molecule has 0 aromatic carbocycles. The number of halogens is 1. The standard InChI is InChI=1S/C16H23ClN2O2/c1-11-10-19(15(20)21-16(2,3)4)8-7-13(11)14-6-5-12(17)9-18-14/h5-6,9,11,13H,7-8,10H2,1-4H3/t11-,13-/m1/s1. The summed E-state index contributed by atoms with van der Waals surface area (Å²) in [6.07, 6.45) is 2.36. The fraction of sp³-hybridized carbons (Fsp3) is 0.625. The summed E-state index contributed by atoms with van der Waals surface area (Å²) in [5, 5.41) is 0.651. The molecule has 1 aromatic heterocycles. The van der Waals surface area contributed by atoms with Gasteiger partial charge in [0.15, 0.2) is 0 Å². The summed E-state index contributed by atoms with van der Waals surface area (Å²) >= 11 is 5.88. The Kier molecular flexibility index (Phi) is 4.77. The van der Waals surface area contributed by atoms with Crippen LogP contribution in [-0.4, -0.2) is 34.7 Å². The van der Waals surface area contributed by atoms with E-state index in [4.69, 9.17) is 16.3 Å². The molecule has 0 bridgehead atoms. The molecular weight excluding hydrogens is 288 g/mol. The highest BCUT2D eigenvalue weighted by atomic mass is 35.5. The van der Waals surface area contributed by atoms with E-state index in [1.54, 1.807) is 11.1 Å². The van der Waals surface area contributed by atoms with E-state index in [2.05, 4.69) is 11.9 Å². The summed E-state index contributed by atoms with van der Waals surface area (Å²) in [5.41, 5.74) is 0.602. The lowest BCUT2D eigenvalue weighted by atomic mass is 9.84. The number of pyridine rings is 1. The molecule has 21 heavy (non-hydrogen) atoms. The Morgan fingerprint density at radius 1 is 1.43 bits per heavy atom. The summed E-state index contributed by atoms with van der Waals surface area (Å²) in [5.74, 6) is 0.709. The molecule has 1 aromatic rings. The number of carbonyl (C=O) groups is 1. The van der Waals surface area contributed by atoms with E-state index in [0.717, 1.165) is 12.1 Å². The first-order valence-electron chi connectivity index (χ1n) is 7.35. The molecule has 2 rings (SSSR count). The molecule has 5 heteroatoms. The van der Waals surface area contributed by atoms with Crippen LogP contribution in [0.15, 0.2) is 18.3 Å². The van der Waals surface area contributed by atoms with Gasteiger partial charge in [0.1, 0.15) is 5.60 Å². The van der Waals surface area contributed by atoms with Crippen LogP contribution in [0, 0.1) is 5.92 Å². The second-order valence-corrected chi connectivity index (χ2v) is 7.14. The lowest BCUT2D eigenvalue weighted by molar-refractivity contribution is 0.0154. The third kappa shape index (κ3) is 4.34. The molecule has 0 N–H and O–H groups in total. The average Bonchev–Trinajstić information content (AvgIpc) is 2.38. The number of hydrogen-bond acceptors (Lipinski definition) is 3. The van der Waals surface area contributed by atoms with Gasteiger partial charge in [0.25, 0.3) is 0 Å². The normalized spacial score (nSPS) is 23.0. The van der Waals surface area contributed by atoms with Crippen molar-refractivity contribution in [3.8, 4) is 0 Å². The van der Waals surface area contributed by atoms with Crippen molar-refractivity contribution >= 4 is 17.7 Å².